The lowest BCUT2D eigenvalue weighted by atomic mass is 10.3. The Morgan fingerprint density at radius 2 is 2.21 bits per heavy atom. The molecule has 3 heterocycles. The minimum Gasteiger partial charge on any atom is -0.354 e. The van der Waals surface area contributed by atoms with Gasteiger partial charge in [0.05, 0.1) is 11.4 Å². The summed E-state index contributed by atoms with van der Waals surface area (Å²) < 4.78 is 0. The summed E-state index contributed by atoms with van der Waals surface area (Å²) in [7, 11) is 0. The van der Waals surface area contributed by atoms with Gasteiger partial charge in [0.15, 0.2) is 0 Å². The van der Waals surface area contributed by atoms with E-state index < -0.39 is 0 Å². The molecule has 24 heavy (non-hydrogen) atoms. The number of thioether (sulfide) groups is 1. The number of hydrogen-bond acceptors (Lipinski definition) is 5. The summed E-state index contributed by atoms with van der Waals surface area (Å²) in [6, 6.07) is 3.56. The third-order valence-electron chi connectivity index (χ3n) is 4.08. The summed E-state index contributed by atoms with van der Waals surface area (Å²) in [5.41, 5.74) is 0.691. The third-order valence-corrected chi connectivity index (χ3v) is 5.05. The van der Waals surface area contributed by atoms with E-state index in [0.717, 1.165) is 24.4 Å². The number of carbonyl (C=O) groups is 3. The monoisotopic (exact) mass is 348 g/mol. The fraction of sp³-hybridized carbons (Fsp3) is 0.500. The minimum atomic E-state index is -0.196. The number of amides is 3. The van der Waals surface area contributed by atoms with Gasteiger partial charge in [-0.05, 0) is 25.0 Å². The quantitative estimate of drug-likeness (QED) is 0.763. The fourth-order valence-corrected chi connectivity index (χ4v) is 3.73. The number of likely N-dealkylation sites (tertiary alicyclic amines) is 1. The van der Waals surface area contributed by atoms with E-state index in [2.05, 4.69) is 10.3 Å². The molecule has 1 aromatic rings. The number of fused-ring (bicyclic) bond motifs is 1. The zero-order valence-corrected chi connectivity index (χ0v) is 14.2. The van der Waals surface area contributed by atoms with Gasteiger partial charge in [-0.2, -0.15) is 0 Å². The van der Waals surface area contributed by atoms with Gasteiger partial charge >= 0.3 is 0 Å². The summed E-state index contributed by atoms with van der Waals surface area (Å²) in [5.74, 6) is 0.215. The molecule has 7 nitrogen and oxygen atoms in total. The van der Waals surface area contributed by atoms with Crippen molar-refractivity contribution in [2.75, 3.05) is 36.8 Å². The van der Waals surface area contributed by atoms with Gasteiger partial charge in [0.25, 0.3) is 0 Å². The van der Waals surface area contributed by atoms with Crippen LogP contribution in [0.1, 0.15) is 19.3 Å². The smallest absolute Gasteiger partial charge is 0.240 e. The van der Waals surface area contributed by atoms with Crippen molar-refractivity contribution in [2.45, 2.75) is 24.3 Å². The number of anilines is 1. The normalized spacial score (nSPS) is 17.2. The van der Waals surface area contributed by atoms with E-state index in [0.29, 0.717) is 31.0 Å². The largest absolute Gasteiger partial charge is 0.354 e. The van der Waals surface area contributed by atoms with Crippen LogP contribution in [-0.4, -0.2) is 59.5 Å². The van der Waals surface area contributed by atoms with Crippen molar-refractivity contribution in [3.8, 4) is 0 Å². The molecule has 3 rings (SSSR count). The predicted octanol–water partition coefficient (Wildman–Crippen LogP) is 0.649. The Labute approximate surface area is 144 Å². The van der Waals surface area contributed by atoms with Crippen molar-refractivity contribution >= 4 is 35.2 Å². The van der Waals surface area contributed by atoms with Crippen LogP contribution in [0.2, 0.25) is 0 Å². The molecule has 1 aromatic heterocycles. The maximum atomic E-state index is 12.1. The van der Waals surface area contributed by atoms with Crippen molar-refractivity contribution in [2.24, 2.45) is 0 Å². The van der Waals surface area contributed by atoms with E-state index >= 15 is 0 Å². The summed E-state index contributed by atoms with van der Waals surface area (Å²) in [6.07, 6.45) is 3.96. The van der Waals surface area contributed by atoms with Gasteiger partial charge in [0.2, 0.25) is 17.7 Å². The second kappa shape index (κ2) is 7.65. The molecule has 2 aliphatic rings. The maximum absolute atomic E-state index is 12.1. The van der Waals surface area contributed by atoms with Crippen molar-refractivity contribution in [3.05, 3.63) is 18.3 Å². The molecule has 0 aromatic carbocycles. The molecule has 0 unspecified atom stereocenters. The number of nitrogens with zero attached hydrogens (tertiary/aromatic N) is 3. The summed E-state index contributed by atoms with van der Waals surface area (Å²) in [5, 5.41) is 3.60. The van der Waals surface area contributed by atoms with Crippen LogP contribution < -0.4 is 10.2 Å². The van der Waals surface area contributed by atoms with Gasteiger partial charge in [-0.25, -0.2) is 4.98 Å². The molecule has 0 saturated carbocycles. The zero-order chi connectivity index (χ0) is 16.9. The van der Waals surface area contributed by atoms with Crippen LogP contribution >= 0.6 is 11.8 Å². The highest BCUT2D eigenvalue weighted by Gasteiger charge is 2.27. The minimum absolute atomic E-state index is 0.000726. The molecule has 0 spiro atoms. The summed E-state index contributed by atoms with van der Waals surface area (Å²) >= 11 is 1.39. The van der Waals surface area contributed by atoms with Crippen LogP contribution in [0, 0.1) is 0 Å². The van der Waals surface area contributed by atoms with Crippen LogP contribution in [-0.2, 0) is 14.4 Å². The lowest BCUT2D eigenvalue weighted by molar-refractivity contribution is -0.127. The molecule has 3 amide bonds. The number of nitrogens with one attached hydrogen (secondary N) is 1. The Hall–Kier alpha value is -2.09. The molecule has 0 bridgehead atoms. The van der Waals surface area contributed by atoms with E-state index in [9.17, 15) is 14.4 Å². The highest BCUT2D eigenvalue weighted by Crippen LogP contribution is 2.32. The van der Waals surface area contributed by atoms with E-state index in [1.165, 1.54) is 16.7 Å². The van der Waals surface area contributed by atoms with Crippen LogP contribution in [0.3, 0.4) is 0 Å². The van der Waals surface area contributed by atoms with Crippen LogP contribution in [0.25, 0.3) is 0 Å². The molecule has 2 aliphatic heterocycles. The first kappa shape index (κ1) is 16.8. The van der Waals surface area contributed by atoms with Gasteiger partial charge in [-0.3, -0.25) is 19.3 Å². The molecule has 1 fully saturated rings. The first-order chi connectivity index (χ1) is 11.6. The SMILES string of the molecule is O=C(CN1C(=O)CSc2ncccc21)NCCCN1CCCC1=O. The Morgan fingerprint density at radius 1 is 1.33 bits per heavy atom. The molecule has 8 heteroatoms. The lowest BCUT2D eigenvalue weighted by Crippen LogP contribution is -2.44. The second-order valence-electron chi connectivity index (χ2n) is 5.78. The van der Waals surface area contributed by atoms with Gasteiger partial charge in [0.1, 0.15) is 11.6 Å². The van der Waals surface area contributed by atoms with Crippen LogP contribution in [0.15, 0.2) is 23.4 Å². The average Bonchev–Trinajstić information content (AvgIpc) is 2.99. The van der Waals surface area contributed by atoms with Crippen LogP contribution in [0.5, 0.6) is 0 Å². The molecule has 1 saturated heterocycles. The van der Waals surface area contributed by atoms with E-state index in [-0.39, 0.29) is 24.3 Å². The predicted molar refractivity (Wildman–Crippen MR) is 90.8 cm³/mol. The number of hydrogen-bond donors (Lipinski definition) is 1. The first-order valence-electron chi connectivity index (χ1n) is 8.08. The van der Waals surface area contributed by atoms with Crippen molar-refractivity contribution < 1.29 is 14.4 Å². The van der Waals surface area contributed by atoms with E-state index in [1.807, 2.05) is 4.90 Å². The van der Waals surface area contributed by atoms with Gasteiger partial charge in [-0.1, -0.05) is 11.8 Å². The van der Waals surface area contributed by atoms with Gasteiger partial charge < -0.3 is 10.2 Å². The highest BCUT2D eigenvalue weighted by molar-refractivity contribution is 8.00. The summed E-state index contributed by atoms with van der Waals surface area (Å²) in [4.78, 5) is 43.3. The van der Waals surface area contributed by atoms with Crippen molar-refractivity contribution in [1.29, 1.82) is 0 Å². The molecule has 0 atom stereocenters. The molecular weight excluding hydrogens is 328 g/mol. The molecule has 128 valence electrons. The second-order valence-corrected chi connectivity index (χ2v) is 6.75. The number of aromatic nitrogens is 1. The standard InChI is InChI=1S/C16H20N4O3S/c21-13(17-7-3-9-19-8-2-5-14(19)22)10-20-12-4-1-6-18-16(12)24-11-15(20)23/h1,4,6H,2-3,5,7-11H2,(H,17,21). The zero-order valence-electron chi connectivity index (χ0n) is 13.4. The first-order valence-corrected chi connectivity index (χ1v) is 9.06. The van der Waals surface area contributed by atoms with E-state index in [4.69, 9.17) is 0 Å². The van der Waals surface area contributed by atoms with Crippen molar-refractivity contribution in [1.82, 2.24) is 15.2 Å². The Bertz CT molecular complexity index is 652. The topological polar surface area (TPSA) is 82.6 Å². The molecule has 1 N–H and O–H groups in total. The van der Waals surface area contributed by atoms with Crippen LogP contribution in [0.4, 0.5) is 5.69 Å². The summed E-state index contributed by atoms with van der Waals surface area (Å²) in [6.45, 7) is 1.99. The lowest BCUT2D eigenvalue weighted by Gasteiger charge is -2.27. The molecule has 0 radical (unpaired) electrons. The Morgan fingerprint density at radius 3 is 3.00 bits per heavy atom. The third kappa shape index (κ3) is 3.87. The number of carbonyl (C=O) groups excluding carboxylic acids is 3. The average molecular weight is 348 g/mol. The Balaban J connectivity index is 1.46. The molecule has 0 aliphatic carbocycles. The Kier molecular flexibility index (Phi) is 5.34. The van der Waals surface area contributed by atoms with Crippen molar-refractivity contribution in [3.63, 3.8) is 0 Å². The van der Waals surface area contributed by atoms with Gasteiger partial charge in [0, 0.05) is 32.3 Å². The maximum Gasteiger partial charge on any atom is 0.240 e. The number of rotatable bonds is 6. The van der Waals surface area contributed by atoms with E-state index in [1.54, 1.807) is 18.3 Å². The molecular formula is C16H20N4O3S. The van der Waals surface area contributed by atoms with Gasteiger partial charge in [-0.15, -0.1) is 0 Å². The highest BCUT2D eigenvalue weighted by atomic mass is 32.2. The number of pyridine rings is 1. The fourth-order valence-electron chi connectivity index (χ4n) is 2.85.